The van der Waals surface area contributed by atoms with Gasteiger partial charge in [-0.2, -0.15) is 0 Å². The molecule has 7 heteroatoms. The first kappa shape index (κ1) is 15.9. The normalized spacial score (nSPS) is 19.1. The van der Waals surface area contributed by atoms with Crippen LogP contribution in [0.25, 0.3) is 0 Å². The fourth-order valence-electron chi connectivity index (χ4n) is 2.58. The number of aryl methyl sites for hydroxylation is 1. The van der Waals surface area contributed by atoms with Gasteiger partial charge in [0.15, 0.2) is 0 Å². The van der Waals surface area contributed by atoms with Crippen molar-refractivity contribution in [2.75, 3.05) is 33.4 Å². The molecule has 0 bridgehead atoms. The number of hydrogen-bond acceptors (Lipinski definition) is 5. The molecule has 1 saturated heterocycles. The smallest absolute Gasteiger partial charge is 0.250 e. The molecule has 0 saturated carbocycles. The molecule has 2 rings (SSSR count). The molecule has 114 valence electrons. The van der Waals surface area contributed by atoms with Gasteiger partial charge < -0.3 is 10.1 Å². The maximum Gasteiger partial charge on any atom is 0.250 e. The Morgan fingerprint density at radius 3 is 2.70 bits per heavy atom. The van der Waals surface area contributed by atoms with Gasteiger partial charge in [0.05, 0.1) is 6.61 Å². The number of rotatable bonds is 6. The molecule has 0 spiro atoms. The summed E-state index contributed by atoms with van der Waals surface area (Å²) < 4.78 is 33.2. The van der Waals surface area contributed by atoms with Gasteiger partial charge in [-0.15, -0.1) is 11.3 Å². The molecule has 0 unspecified atom stereocenters. The van der Waals surface area contributed by atoms with Gasteiger partial charge in [0.2, 0.25) is 10.0 Å². The summed E-state index contributed by atoms with van der Waals surface area (Å²) in [7, 11) is -1.74. The molecule has 0 aliphatic carbocycles. The van der Waals surface area contributed by atoms with Gasteiger partial charge in [0, 0.05) is 19.1 Å². The molecular weight excluding hydrogens is 296 g/mol. The maximum absolute atomic E-state index is 12.3. The summed E-state index contributed by atoms with van der Waals surface area (Å²) in [6.45, 7) is 4.65. The van der Waals surface area contributed by atoms with Crippen molar-refractivity contribution in [3.8, 4) is 0 Å². The van der Waals surface area contributed by atoms with E-state index in [1.54, 1.807) is 12.5 Å². The van der Waals surface area contributed by atoms with E-state index in [1.807, 2.05) is 13.0 Å². The molecule has 0 radical (unpaired) electrons. The van der Waals surface area contributed by atoms with Crippen LogP contribution in [-0.4, -0.2) is 41.8 Å². The predicted octanol–water partition coefficient (Wildman–Crippen LogP) is 1.35. The molecule has 0 aromatic carbocycles. The van der Waals surface area contributed by atoms with Gasteiger partial charge in [-0.05, 0) is 49.9 Å². The highest BCUT2D eigenvalue weighted by molar-refractivity contribution is 7.91. The highest BCUT2D eigenvalue weighted by atomic mass is 32.2. The molecule has 1 fully saturated rings. The number of thiophene rings is 1. The standard InChI is InChI=1S/C13H22N2O3S2/c1-11-3-8-19-12(11)20(16,17)15-9-13(10-18-2)4-6-14-7-5-13/h3,8,14-15H,4-7,9-10H2,1-2H3. The SMILES string of the molecule is COCC1(CNS(=O)(=O)c2sccc2C)CCNCC1. The van der Waals surface area contributed by atoms with Crippen molar-refractivity contribution in [2.24, 2.45) is 5.41 Å². The van der Waals surface area contributed by atoms with Crippen LogP contribution in [0.4, 0.5) is 0 Å². The Labute approximate surface area is 124 Å². The highest BCUT2D eigenvalue weighted by Gasteiger charge is 2.34. The number of piperidine rings is 1. The monoisotopic (exact) mass is 318 g/mol. The number of methoxy groups -OCH3 is 1. The predicted molar refractivity (Wildman–Crippen MR) is 80.7 cm³/mol. The summed E-state index contributed by atoms with van der Waals surface area (Å²) in [5.74, 6) is 0. The Balaban J connectivity index is 2.07. The second kappa shape index (κ2) is 6.53. The van der Waals surface area contributed by atoms with Gasteiger partial charge in [0.25, 0.3) is 0 Å². The fraction of sp³-hybridized carbons (Fsp3) is 0.692. The molecule has 20 heavy (non-hydrogen) atoms. The van der Waals surface area contributed by atoms with E-state index in [0.717, 1.165) is 31.5 Å². The summed E-state index contributed by atoms with van der Waals surface area (Å²) in [5.41, 5.74) is 0.701. The lowest BCUT2D eigenvalue weighted by Crippen LogP contribution is -2.47. The van der Waals surface area contributed by atoms with Crippen molar-refractivity contribution in [3.63, 3.8) is 0 Å². The average molecular weight is 318 g/mol. The minimum absolute atomic E-state index is 0.0990. The third-order valence-corrected chi connectivity index (χ3v) is 6.90. The van der Waals surface area contributed by atoms with Crippen molar-refractivity contribution in [1.82, 2.24) is 10.0 Å². The van der Waals surface area contributed by atoms with E-state index in [4.69, 9.17) is 4.74 Å². The minimum atomic E-state index is -3.41. The lowest BCUT2D eigenvalue weighted by atomic mass is 9.80. The molecule has 1 aromatic rings. The Morgan fingerprint density at radius 1 is 1.45 bits per heavy atom. The third kappa shape index (κ3) is 3.59. The van der Waals surface area contributed by atoms with Crippen molar-refractivity contribution in [1.29, 1.82) is 0 Å². The highest BCUT2D eigenvalue weighted by Crippen LogP contribution is 2.29. The maximum atomic E-state index is 12.3. The largest absolute Gasteiger partial charge is 0.384 e. The van der Waals surface area contributed by atoms with Gasteiger partial charge >= 0.3 is 0 Å². The Kier molecular flexibility index (Phi) is 5.19. The summed E-state index contributed by atoms with van der Waals surface area (Å²) in [5, 5.41) is 5.11. The molecule has 1 aliphatic rings. The summed E-state index contributed by atoms with van der Waals surface area (Å²) in [4.78, 5) is 0. The number of sulfonamides is 1. The zero-order valence-corrected chi connectivity index (χ0v) is 13.6. The van der Waals surface area contributed by atoms with E-state index < -0.39 is 10.0 Å². The van der Waals surface area contributed by atoms with E-state index >= 15 is 0 Å². The van der Waals surface area contributed by atoms with Crippen molar-refractivity contribution in [2.45, 2.75) is 24.0 Å². The molecule has 1 aromatic heterocycles. The van der Waals surface area contributed by atoms with Crippen LogP contribution in [0.2, 0.25) is 0 Å². The molecule has 0 atom stereocenters. The second-order valence-corrected chi connectivity index (χ2v) is 8.28. The van der Waals surface area contributed by atoms with Crippen LogP contribution >= 0.6 is 11.3 Å². The van der Waals surface area contributed by atoms with E-state index in [9.17, 15) is 8.42 Å². The van der Waals surface area contributed by atoms with E-state index in [-0.39, 0.29) is 5.41 Å². The van der Waals surface area contributed by atoms with Gasteiger partial charge in [-0.3, -0.25) is 0 Å². The molecule has 2 heterocycles. The zero-order valence-electron chi connectivity index (χ0n) is 11.9. The Hall–Kier alpha value is -0.470. The second-order valence-electron chi connectivity index (χ2n) is 5.40. The Morgan fingerprint density at radius 2 is 2.15 bits per heavy atom. The van der Waals surface area contributed by atoms with Gasteiger partial charge in [-0.25, -0.2) is 13.1 Å². The molecule has 0 amide bonds. The van der Waals surface area contributed by atoms with Crippen LogP contribution in [0.1, 0.15) is 18.4 Å². The van der Waals surface area contributed by atoms with Gasteiger partial charge in [0.1, 0.15) is 4.21 Å². The fourth-order valence-corrected chi connectivity index (χ4v) is 5.20. The minimum Gasteiger partial charge on any atom is -0.384 e. The van der Waals surface area contributed by atoms with Crippen molar-refractivity contribution >= 4 is 21.4 Å². The Bertz CT molecular complexity index is 528. The number of hydrogen-bond donors (Lipinski definition) is 2. The summed E-state index contributed by atoms with van der Waals surface area (Å²) in [6.07, 6.45) is 1.85. The molecular formula is C13H22N2O3S2. The first-order chi connectivity index (χ1) is 9.49. The molecule has 1 aliphatic heterocycles. The quantitative estimate of drug-likeness (QED) is 0.831. The van der Waals surface area contributed by atoms with Crippen LogP contribution in [0, 0.1) is 12.3 Å². The summed E-state index contributed by atoms with van der Waals surface area (Å²) in [6, 6.07) is 1.83. The lowest BCUT2D eigenvalue weighted by molar-refractivity contribution is 0.0577. The van der Waals surface area contributed by atoms with Crippen LogP contribution in [0.5, 0.6) is 0 Å². The van der Waals surface area contributed by atoms with Crippen LogP contribution in [-0.2, 0) is 14.8 Å². The summed E-state index contributed by atoms with van der Waals surface area (Å²) >= 11 is 1.26. The first-order valence-corrected chi connectivity index (χ1v) is 9.09. The third-order valence-electron chi connectivity index (χ3n) is 3.81. The van der Waals surface area contributed by atoms with Gasteiger partial charge in [-0.1, -0.05) is 0 Å². The van der Waals surface area contributed by atoms with E-state index in [0.29, 0.717) is 17.4 Å². The first-order valence-electron chi connectivity index (χ1n) is 6.73. The molecule has 5 nitrogen and oxygen atoms in total. The molecule has 2 N–H and O–H groups in total. The average Bonchev–Trinajstić information content (AvgIpc) is 2.85. The van der Waals surface area contributed by atoms with Crippen molar-refractivity contribution in [3.05, 3.63) is 17.0 Å². The van der Waals surface area contributed by atoms with Crippen LogP contribution in [0.3, 0.4) is 0 Å². The lowest BCUT2D eigenvalue weighted by Gasteiger charge is -2.37. The zero-order chi connectivity index (χ0) is 14.6. The van der Waals surface area contributed by atoms with Crippen LogP contribution in [0.15, 0.2) is 15.7 Å². The number of ether oxygens (including phenoxy) is 1. The number of nitrogens with one attached hydrogen (secondary N) is 2. The van der Waals surface area contributed by atoms with E-state index in [1.165, 1.54) is 11.3 Å². The van der Waals surface area contributed by atoms with E-state index in [2.05, 4.69) is 10.0 Å². The topological polar surface area (TPSA) is 67.4 Å². The van der Waals surface area contributed by atoms with Crippen LogP contribution < -0.4 is 10.0 Å². The van der Waals surface area contributed by atoms with Crippen molar-refractivity contribution < 1.29 is 13.2 Å².